The van der Waals surface area contributed by atoms with E-state index in [4.69, 9.17) is 4.74 Å². The van der Waals surface area contributed by atoms with Crippen LogP contribution in [0.3, 0.4) is 0 Å². The zero-order chi connectivity index (χ0) is 14.4. The van der Waals surface area contributed by atoms with Crippen molar-refractivity contribution in [1.29, 1.82) is 0 Å². The highest BCUT2D eigenvalue weighted by molar-refractivity contribution is 8.00. The van der Waals surface area contributed by atoms with E-state index in [1.807, 2.05) is 18.5 Å². The van der Waals surface area contributed by atoms with Crippen LogP contribution in [0, 0.1) is 0 Å². The van der Waals surface area contributed by atoms with E-state index in [0.29, 0.717) is 6.04 Å². The largest absolute Gasteiger partial charge is 0.468 e. The molecule has 2 rings (SSSR count). The summed E-state index contributed by atoms with van der Waals surface area (Å²) in [7, 11) is 1.47. The van der Waals surface area contributed by atoms with Crippen molar-refractivity contribution in [2.24, 2.45) is 0 Å². The number of nitrogens with one attached hydrogen (secondary N) is 1. The summed E-state index contributed by atoms with van der Waals surface area (Å²) in [6, 6.07) is 0.504. The average Bonchev–Trinajstić information content (AvgIpc) is 3.09. The first-order valence-corrected chi connectivity index (χ1v) is 8.89. The highest BCUT2D eigenvalue weighted by Gasteiger charge is 2.38. The third-order valence-electron chi connectivity index (χ3n) is 3.44. The predicted molar refractivity (Wildman–Crippen MR) is 83.3 cm³/mol. The average molecular weight is 314 g/mol. The molecule has 0 aliphatic heterocycles. The van der Waals surface area contributed by atoms with E-state index in [9.17, 15) is 4.79 Å². The van der Waals surface area contributed by atoms with Gasteiger partial charge < -0.3 is 4.74 Å². The van der Waals surface area contributed by atoms with Gasteiger partial charge in [-0.3, -0.25) is 10.1 Å². The summed E-state index contributed by atoms with van der Waals surface area (Å²) in [6.07, 6.45) is 7.11. The molecule has 112 valence electrons. The first-order chi connectivity index (χ1) is 9.64. The molecule has 6 heteroatoms. The number of nitrogens with zero attached hydrogens (tertiary/aromatic N) is 1. The molecule has 0 bridgehead atoms. The van der Waals surface area contributed by atoms with Gasteiger partial charge in [0.2, 0.25) is 0 Å². The summed E-state index contributed by atoms with van der Waals surface area (Å²) >= 11 is 3.47. The number of ether oxygens (including phenoxy) is 1. The van der Waals surface area contributed by atoms with Crippen LogP contribution < -0.4 is 5.32 Å². The van der Waals surface area contributed by atoms with E-state index in [0.717, 1.165) is 29.4 Å². The highest BCUT2D eigenvalue weighted by Crippen LogP contribution is 2.27. The van der Waals surface area contributed by atoms with Gasteiger partial charge in [-0.25, -0.2) is 4.98 Å². The smallest absolute Gasteiger partial charge is 0.325 e. The van der Waals surface area contributed by atoms with Crippen LogP contribution in [-0.2, 0) is 9.53 Å². The zero-order valence-electron chi connectivity index (χ0n) is 12.1. The van der Waals surface area contributed by atoms with Crippen molar-refractivity contribution < 1.29 is 9.53 Å². The van der Waals surface area contributed by atoms with Gasteiger partial charge in [0, 0.05) is 23.4 Å². The summed E-state index contributed by atoms with van der Waals surface area (Å²) < 4.78 is 6.07. The first kappa shape index (κ1) is 15.8. The quantitative estimate of drug-likeness (QED) is 0.431. The summed E-state index contributed by atoms with van der Waals surface area (Å²) in [5.41, 5.74) is -0.526. The number of hydrogen-bond donors (Lipinski definition) is 1. The fourth-order valence-electron chi connectivity index (χ4n) is 2.16. The Morgan fingerprint density at radius 2 is 2.40 bits per heavy atom. The number of thioether (sulfide) groups is 1. The second-order valence-electron chi connectivity index (χ2n) is 5.35. The number of rotatable bonds is 9. The van der Waals surface area contributed by atoms with Gasteiger partial charge in [0.1, 0.15) is 9.88 Å². The summed E-state index contributed by atoms with van der Waals surface area (Å²) in [6.45, 7) is 1.96. The predicted octanol–water partition coefficient (Wildman–Crippen LogP) is 3.09. The fraction of sp³-hybridized carbons (Fsp3) is 0.714. The molecule has 0 saturated heterocycles. The van der Waals surface area contributed by atoms with E-state index in [-0.39, 0.29) is 5.97 Å². The van der Waals surface area contributed by atoms with E-state index in [1.54, 1.807) is 23.1 Å². The fourth-order valence-corrected chi connectivity index (χ4v) is 3.87. The number of thiazole rings is 1. The topological polar surface area (TPSA) is 51.2 Å². The van der Waals surface area contributed by atoms with Crippen LogP contribution in [0.4, 0.5) is 0 Å². The Morgan fingerprint density at radius 1 is 1.60 bits per heavy atom. The lowest BCUT2D eigenvalue weighted by atomic mass is 9.95. The van der Waals surface area contributed by atoms with Crippen molar-refractivity contribution in [3.8, 4) is 0 Å². The van der Waals surface area contributed by atoms with E-state index >= 15 is 0 Å². The molecule has 0 amide bonds. The monoisotopic (exact) mass is 314 g/mol. The van der Waals surface area contributed by atoms with Crippen LogP contribution >= 0.6 is 23.1 Å². The molecule has 1 fully saturated rings. The van der Waals surface area contributed by atoms with Crippen molar-refractivity contribution in [3.63, 3.8) is 0 Å². The highest BCUT2D eigenvalue weighted by atomic mass is 32.2. The van der Waals surface area contributed by atoms with E-state index in [2.05, 4.69) is 10.3 Å². The molecule has 4 nitrogen and oxygen atoms in total. The van der Waals surface area contributed by atoms with Gasteiger partial charge in [0.25, 0.3) is 0 Å². The molecule has 20 heavy (non-hydrogen) atoms. The Bertz CT molecular complexity index is 421. The van der Waals surface area contributed by atoms with Gasteiger partial charge in [-0.2, -0.15) is 0 Å². The molecule has 1 unspecified atom stereocenters. The molecule has 0 spiro atoms. The molecule has 1 heterocycles. The zero-order valence-corrected chi connectivity index (χ0v) is 13.7. The van der Waals surface area contributed by atoms with Crippen LogP contribution in [0.1, 0.15) is 39.0 Å². The Kier molecular flexibility index (Phi) is 5.86. The van der Waals surface area contributed by atoms with Crippen molar-refractivity contribution in [1.82, 2.24) is 10.3 Å². The van der Waals surface area contributed by atoms with Gasteiger partial charge >= 0.3 is 5.97 Å². The Labute approximate surface area is 128 Å². The molecule has 1 saturated carbocycles. The maximum Gasteiger partial charge on any atom is 0.325 e. The van der Waals surface area contributed by atoms with Crippen LogP contribution in [0.15, 0.2) is 15.9 Å². The van der Waals surface area contributed by atoms with Gasteiger partial charge in [-0.15, -0.1) is 11.3 Å². The SMILES string of the molecule is COC(=O)C(C)(CCCCSc1nccs1)NC1CC1. The number of unbranched alkanes of at least 4 members (excludes halogenated alkanes) is 1. The molecule has 1 atom stereocenters. The molecule has 0 aromatic carbocycles. The van der Waals surface area contributed by atoms with E-state index in [1.165, 1.54) is 20.0 Å². The lowest BCUT2D eigenvalue weighted by Crippen LogP contribution is -2.51. The number of hydrogen-bond acceptors (Lipinski definition) is 6. The molecule has 1 aliphatic carbocycles. The number of methoxy groups -OCH3 is 1. The second-order valence-corrected chi connectivity index (χ2v) is 7.58. The van der Waals surface area contributed by atoms with Gasteiger partial charge in [-0.1, -0.05) is 18.2 Å². The molecule has 0 radical (unpaired) electrons. The molecule has 1 aliphatic rings. The number of carbonyl (C=O) groups is 1. The maximum atomic E-state index is 11.9. The summed E-state index contributed by atoms with van der Waals surface area (Å²) in [5, 5.41) is 5.43. The Morgan fingerprint density at radius 3 is 3.00 bits per heavy atom. The first-order valence-electron chi connectivity index (χ1n) is 7.02. The second kappa shape index (κ2) is 7.43. The molecule has 1 aromatic heterocycles. The minimum absolute atomic E-state index is 0.142. The number of esters is 1. The third kappa shape index (κ3) is 4.75. The molecule has 1 aromatic rings. The molecular formula is C14H22N2O2S2. The van der Waals surface area contributed by atoms with Crippen molar-refractivity contribution in [2.75, 3.05) is 12.9 Å². The summed E-state index contributed by atoms with van der Waals surface area (Å²) in [5.74, 6) is 0.908. The third-order valence-corrected chi connectivity index (χ3v) is 5.49. The minimum atomic E-state index is -0.526. The van der Waals surface area contributed by atoms with Crippen LogP contribution in [0.25, 0.3) is 0 Å². The standard InChI is InChI=1S/C14H22N2O2S2/c1-14(12(17)18-2,16-11-5-6-11)7-3-4-9-19-13-15-8-10-20-13/h8,10-11,16H,3-7,9H2,1-2H3. The Hall–Kier alpha value is -0.590. The van der Waals surface area contributed by atoms with Gasteiger partial charge in [0.05, 0.1) is 7.11 Å². The molecular weight excluding hydrogens is 292 g/mol. The lowest BCUT2D eigenvalue weighted by molar-refractivity contribution is -0.148. The Balaban J connectivity index is 1.69. The van der Waals surface area contributed by atoms with Crippen LogP contribution in [-0.4, -0.2) is 35.4 Å². The lowest BCUT2D eigenvalue weighted by Gasteiger charge is -2.28. The van der Waals surface area contributed by atoms with E-state index < -0.39 is 5.54 Å². The van der Waals surface area contributed by atoms with Gasteiger partial charge in [0.15, 0.2) is 0 Å². The maximum absolute atomic E-state index is 11.9. The minimum Gasteiger partial charge on any atom is -0.468 e. The van der Waals surface area contributed by atoms with Gasteiger partial charge in [-0.05, 0) is 32.6 Å². The normalized spacial score (nSPS) is 17.7. The van der Waals surface area contributed by atoms with Crippen LogP contribution in [0.2, 0.25) is 0 Å². The van der Waals surface area contributed by atoms with Crippen molar-refractivity contribution in [2.45, 2.75) is 54.9 Å². The summed E-state index contributed by atoms with van der Waals surface area (Å²) in [4.78, 5) is 16.2. The van der Waals surface area contributed by atoms with Crippen molar-refractivity contribution >= 4 is 29.1 Å². The van der Waals surface area contributed by atoms with Crippen LogP contribution in [0.5, 0.6) is 0 Å². The number of carbonyl (C=O) groups excluding carboxylic acids is 1. The molecule has 1 N–H and O–H groups in total. The van der Waals surface area contributed by atoms with Crippen molar-refractivity contribution in [3.05, 3.63) is 11.6 Å². The number of aromatic nitrogens is 1.